The summed E-state index contributed by atoms with van der Waals surface area (Å²) < 4.78 is 10.2. The van der Waals surface area contributed by atoms with E-state index in [1.165, 1.54) is 30.8 Å². The van der Waals surface area contributed by atoms with E-state index in [1.54, 1.807) is 30.6 Å². The van der Waals surface area contributed by atoms with Crippen LogP contribution in [0.5, 0.6) is 0 Å². The number of pyridine rings is 1. The summed E-state index contributed by atoms with van der Waals surface area (Å²) in [6, 6.07) is 5.82. The van der Waals surface area contributed by atoms with Gasteiger partial charge in [0.1, 0.15) is 6.04 Å². The molecule has 9 nitrogen and oxygen atoms in total. The zero-order valence-electron chi connectivity index (χ0n) is 18.3. The third kappa shape index (κ3) is 6.40. The zero-order chi connectivity index (χ0) is 22.8. The summed E-state index contributed by atoms with van der Waals surface area (Å²) in [5.41, 5.74) is 0.600. The monoisotopic (exact) mass is 442 g/mol. The topological polar surface area (TPSA) is 114 Å². The molecule has 0 spiro atoms. The highest BCUT2D eigenvalue weighted by atomic mass is 16.5. The number of hydrogen-bond donors (Lipinski definition) is 2. The molecule has 2 aromatic rings. The van der Waals surface area contributed by atoms with Crippen LogP contribution in [-0.4, -0.2) is 60.5 Å². The minimum atomic E-state index is -0.881. The quantitative estimate of drug-likeness (QED) is 0.582. The molecule has 2 heterocycles. The first kappa shape index (κ1) is 23.5. The van der Waals surface area contributed by atoms with Crippen LogP contribution >= 0.6 is 0 Å². The van der Waals surface area contributed by atoms with E-state index in [-0.39, 0.29) is 37.4 Å². The molecule has 0 aromatic carbocycles. The highest BCUT2D eigenvalue weighted by Crippen LogP contribution is 2.23. The summed E-state index contributed by atoms with van der Waals surface area (Å²) in [7, 11) is 1.53. The Morgan fingerprint density at radius 1 is 1.22 bits per heavy atom. The molecule has 1 aliphatic rings. The summed E-state index contributed by atoms with van der Waals surface area (Å²) in [6.07, 6.45) is 9.76. The second-order valence-electron chi connectivity index (χ2n) is 7.77. The van der Waals surface area contributed by atoms with Crippen LogP contribution in [0.4, 0.5) is 0 Å². The molecule has 1 saturated carbocycles. The van der Waals surface area contributed by atoms with Crippen LogP contribution in [0.15, 0.2) is 47.3 Å². The number of amides is 3. The van der Waals surface area contributed by atoms with Crippen molar-refractivity contribution in [3.8, 4) is 0 Å². The number of furan rings is 1. The van der Waals surface area contributed by atoms with E-state index >= 15 is 0 Å². The highest BCUT2D eigenvalue weighted by molar-refractivity contribution is 5.95. The second kappa shape index (κ2) is 12.0. The second-order valence-corrected chi connectivity index (χ2v) is 7.77. The Labute approximate surface area is 187 Å². The fraction of sp³-hybridized carbons (Fsp3) is 0.478. The summed E-state index contributed by atoms with van der Waals surface area (Å²) >= 11 is 0. The van der Waals surface area contributed by atoms with E-state index in [0.29, 0.717) is 5.56 Å². The number of carbonyl (C=O) groups is 3. The number of rotatable bonds is 10. The molecule has 1 fully saturated rings. The standard InChI is InChI=1S/C23H30N4O5/c1-31-14-12-27(20(28)16-25-22(29)19-10-6-13-32-19)21(17-7-5-11-24-15-17)23(30)26-18-8-3-2-4-9-18/h5-7,10-11,13,15,18,21H,2-4,8-9,12,14,16H2,1H3,(H,25,29)(H,26,30)/t21-/m1/s1. The first-order valence-electron chi connectivity index (χ1n) is 10.9. The van der Waals surface area contributed by atoms with Gasteiger partial charge in [-0.3, -0.25) is 19.4 Å². The lowest BCUT2D eigenvalue weighted by Gasteiger charge is -2.33. The van der Waals surface area contributed by atoms with Crippen molar-refractivity contribution in [1.29, 1.82) is 0 Å². The van der Waals surface area contributed by atoms with Gasteiger partial charge < -0.3 is 24.7 Å². The normalized spacial score (nSPS) is 15.0. The van der Waals surface area contributed by atoms with Gasteiger partial charge in [0.25, 0.3) is 5.91 Å². The van der Waals surface area contributed by atoms with Gasteiger partial charge >= 0.3 is 0 Å². The van der Waals surface area contributed by atoms with E-state index in [0.717, 1.165) is 25.7 Å². The molecule has 3 amide bonds. The van der Waals surface area contributed by atoms with Gasteiger partial charge in [-0.2, -0.15) is 0 Å². The van der Waals surface area contributed by atoms with E-state index < -0.39 is 17.9 Å². The van der Waals surface area contributed by atoms with Gasteiger partial charge in [-0.25, -0.2) is 0 Å². The van der Waals surface area contributed by atoms with Gasteiger partial charge in [-0.15, -0.1) is 0 Å². The van der Waals surface area contributed by atoms with E-state index in [2.05, 4.69) is 15.6 Å². The van der Waals surface area contributed by atoms with Gasteiger partial charge in [0.05, 0.1) is 19.4 Å². The van der Waals surface area contributed by atoms with E-state index in [1.807, 2.05) is 0 Å². The molecule has 0 aliphatic heterocycles. The molecular formula is C23H30N4O5. The van der Waals surface area contributed by atoms with Gasteiger partial charge in [0.2, 0.25) is 11.8 Å². The molecule has 1 atom stereocenters. The third-order valence-electron chi connectivity index (χ3n) is 5.51. The van der Waals surface area contributed by atoms with Gasteiger partial charge in [-0.05, 0) is 31.0 Å². The minimum absolute atomic E-state index is 0.0912. The number of nitrogens with one attached hydrogen (secondary N) is 2. The SMILES string of the molecule is COCCN(C(=O)CNC(=O)c1ccco1)[C@@H](C(=O)NC1CCCCC1)c1cccnc1. The van der Waals surface area contributed by atoms with Crippen molar-refractivity contribution >= 4 is 17.7 Å². The molecule has 32 heavy (non-hydrogen) atoms. The van der Waals surface area contributed by atoms with Crippen molar-refractivity contribution in [3.63, 3.8) is 0 Å². The zero-order valence-corrected chi connectivity index (χ0v) is 18.3. The largest absolute Gasteiger partial charge is 0.459 e. The third-order valence-corrected chi connectivity index (χ3v) is 5.51. The number of methoxy groups -OCH3 is 1. The van der Waals surface area contributed by atoms with Gasteiger partial charge in [0.15, 0.2) is 5.76 Å². The molecule has 172 valence electrons. The Bertz CT molecular complexity index is 866. The maximum Gasteiger partial charge on any atom is 0.287 e. The first-order chi connectivity index (χ1) is 15.6. The maximum atomic E-state index is 13.4. The summed E-state index contributed by atoms with van der Waals surface area (Å²) in [5, 5.41) is 5.67. The predicted octanol–water partition coefficient (Wildman–Crippen LogP) is 2.07. The summed E-state index contributed by atoms with van der Waals surface area (Å²) in [5.74, 6) is -1.05. The lowest BCUT2D eigenvalue weighted by molar-refractivity contribution is -0.141. The smallest absolute Gasteiger partial charge is 0.287 e. The fourth-order valence-corrected chi connectivity index (χ4v) is 3.88. The van der Waals surface area contributed by atoms with Crippen molar-refractivity contribution < 1.29 is 23.5 Å². The number of carbonyl (C=O) groups excluding carboxylic acids is 3. The Balaban J connectivity index is 1.78. The first-order valence-corrected chi connectivity index (χ1v) is 10.9. The van der Waals surface area contributed by atoms with Crippen molar-refractivity contribution in [3.05, 3.63) is 54.2 Å². The number of ether oxygens (including phenoxy) is 1. The van der Waals surface area contributed by atoms with Gasteiger partial charge in [0, 0.05) is 37.7 Å². The molecule has 2 aromatic heterocycles. The van der Waals surface area contributed by atoms with Crippen LogP contribution in [-0.2, 0) is 14.3 Å². The number of nitrogens with zero attached hydrogens (tertiary/aromatic N) is 2. The molecule has 0 bridgehead atoms. The number of aromatic nitrogens is 1. The van der Waals surface area contributed by atoms with Crippen molar-refractivity contribution in [2.24, 2.45) is 0 Å². The van der Waals surface area contributed by atoms with Crippen LogP contribution in [0.1, 0.15) is 54.3 Å². The lowest BCUT2D eigenvalue weighted by Crippen LogP contribution is -2.50. The average Bonchev–Trinajstić information content (AvgIpc) is 3.36. The minimum Gasteiger partial charge on any atom is -0.459 e. The molecule has 0 radical (unpaired) electrons. The molecule has 3 rings (SSSR count). The molecule has 0 saturated heterocycles. The molecule has 0 unspecified atom stereocenters. The van der Waals surface area contributed by atoms with Crippen molar-refractivity contribution in [1.82, 2.24) is 20.5 Å². The summed E-state index contributed by atoms with van der Waals surface area (Å²) in [6.45, 7) is 0.145. The Hall–Kier alpha value is -3.20. The molecular weight excluding hydrogens is 412 g/mol. The van der Waals surface area contributed by atoms with Crippen LogP contribution < -0.4 is 10.6 Å². The Morgan fingerprint density at radius 3 is 2.69 bits per heavy atom. The Morgan fingerprint density at radius 2 is 2.03 bits per heavy atom. The number of hydrogen-bond acceptors (Lipinski definition) is 6. The van der Waals surface area contributed by atoms with Crippen LogP contribution in [0, 0.1) is 0 Å². The highest BCUT2D eigenvalue weighted by Gasteiger charge is 2.33. The fourth-order valence-electron chi connectivity index (χ4n) is 3.88. The van der Waals surface area contributed by atoms with Crippen LogP contribution in [0.2, 0.25) is 0 Å². The van der Waals surface area contributed by atoms with E-state index in [9.17, 15) is 14.4 Å². The summed E-state index contributed by atoms with van der Waals surface area (Å²) in [4.78, 5) is 44.3. The van der Waals surface area contributed by atoms with Gasteiger partial charge in [-0.1, -0.05) is 25.3 Å². The lowest BCUT2D eigenvalue weighted by atomic mass is 9.95. The average molecular weight is 443 g/mol. The predicted molar refractivity (Wildman–Crippen MR) is 117 cm³/mol. The molecule has 2 N–H and O–H groups in total. The van der Waals surface area contributed by atoms with Crippen molar-refractivity contribution in [2.45, 2.75) is 44.2 Å². The van der Waals surface area contributed by atoms with Crippen LogP contribution in [0.25, 0.3) is 0 Å². The van der Waals surface area contributed by atoms with E-state index in [4.69, 9.17) is 9.15 Å². The maximum absolute atomic E-state index is 13.4. The molecule has 1 aliphatic carbocycles. The molecule has 9 heteroatoms. The van der Waals surface area contributed by atoms with Crippen LogP contribution in [0.3, 0.4) is 0 Å². The Kier molecular flexibility index (Phi) is 8.79. The van der Waals surface area contributed by atoms with Crippen molar-refractivity contribution in [2.75, 3.05) is 26.8 Å².